The van der Waals surface area contributed by atoms with E-state index >= 15 is 0 Å². The summed E-state index contributed by atoms with van der Waals surface area (Å²) in [5.74, 6) is 2.11. The van der Waals surface area contributed by atoms with Gasteiger partial charge >= 0.3 is 0 Å². The van der Waals surface area contributed by atoms with Crippen molar-refractivity contribution in [3.8, 4) is 17.2 Å². The fourth-order valence-corrected chi connectivity index (χ4v) is 5.06. The molecule has 2 heterocycles. The molecule has 0 spiro atoms. The second kappa shape index (κ2) is 8.45. The van der Waals surface area contributed by atoms with Gasteiger partial charge < -0.3 is 18.9 Å². The average molecular weight is 434 g/mol. The van der Waals surface area contributed by atoms with E-state index in [4.69, 9.17) is 18.9 Å². The summed E-state index contributed by atoms with van der Waals surface area (Å²) >= 11 is 0. The van der Waals surface area contributed by atoms with Crippen LogP contribution in [0.15, 0.2) is 47.4 Å². The normalized spacial score (nSPS) is 18.5. The number of rotatable bonds is 7. The first-order chi connectivity index (χ1) is 14.4. The molecule has 162 valence electrons. The second-order valence-corrected chi connectivity index (χ2v) is 9.91. The lowest BCUT2D eigenvalue weighted by Gasteiger charge is -2.26. The van der Waals surface area contributed by atoms with Crippen molar-refractivity contribution in [2.24, 2.45) is 0 Å². The summed E-state index contributed by atoms with van der Waals surface area (Å²) in [6.45, 7) is 6.41. The van der Waals surface area contributed by atoms with E-state index in [-0.39, 0.29) is 10.5 Å². The molecule has 0 amide bonds. The van der Waals surface area contributed by atoms with E-state index in [1.165, 1.54) is 4.31 Å². The Kier molecular flexibility index (Phi) is 5.90. The van der Waals surface area contributed by atoms with Gasteiger partial charge in [-0.15, -0.1) is 0 Å². The van der Waals surface area contributed by atoms with Crippen molar-refractivity contribution in [1.29, 1.82) is 0 Å². The van der Waals surface area contributed by atoms with E-state index < -0.39 is 10.0 Å². The Balaban J connectivity index is 1.30. The molecule has 0 N–H and O–H groups in total. The SMILES string of the molecule is CC1(C)Cc2cccc(OCCOc3ccc(S(=O)(=O)N4CCOCC4)cc3)c2O1. The van der Waals surface area contributed by atoms with Crippen molar-refractivity contribution < 1.29 is 27.4 Å². The van der Waals surface area contributed by atoms with Gasteiger partial charge in [0.1, 0.15) is 24.6 Å². The van der Waals surface area contributed by atoms with E-state index in [1.807, 2.05) is 12.1 Å². The first kappa shape index (κ1) is 21.0. The highest BCUT2D eigenvalue weighted by Gasteiger charge is 2.32. The molecule has 30 heavy (non-hydrogen) atoms. The molecule has 0 radical (unpaired) electrons. The molecule has 0 unspecified atom stereocenters. The summed E-state index contributed by atoms with van der Waals surface area (Å²) in [5, 5.41) is 0. The van der Waals surface area contributed by atoms with E-state index in [1.54, 1.807) is 24.3 Å². The summed E-state index contributed by atoms with van der Waals surface area (Å²) in [5.41, 5.74) is 0.928. The third-order valence-electron chi connectivity index (χ3n) is 5.10. The lowest BCUT2D eigenvalue weighted by atomic mass is 10.0. The van der Waals surface area contributed by atoms with Gasteiger partial charge in [-0.25, -0.2) is 8.42 Å². The molecule has 7 nitrogen and oxygen atoms in total. The van der Waals surface area contributed by atoms with Gasteiger partial charge in [0.05, 0.1) is 18.1 Å². The number of hydrogen-bond acceptors (Lipinski definition) is 6. The standard InChI is InChI=1S/C22H27NO6S/c1-22(2)16-17-4-3-5-20(21(17)29-22)28-15-14-27-18-6-8-19(9-7-18)30(24,25)23-10-12-26-13-11-23/h3-9H,10-16H2,1-2H3. The van der Waals surface area contributed by atoms with Crippen molar-refractivity contribution in [2.75, 3.05) is 39.5 Å². The Morgan fingerprint density at radius 2 is 1.70 bits per heavy atom. The van der Waals surface area contributed by atoms with Crippen molar-refractivity contribution >= 4 is 10.0 Å². The molecule has 0 aromatic heterocycles. The Morgan fingerprint density at radius 1 is 1.00 bits per heavy atom. The predicted molar refractivity (Wildman–Crippen MR) is 112 cm³/mol. The van der Waals surface area contributed by atoms with Crippen molar-refractivity contribution in [3.05, 3.63) is 48.0 Å². The summed E-state index contributed by atoms with van der Waals surface area (Å²) in [6.07, 6.45) is 0.857. The van der Waals surface area contributed by atoms with Gasteiger partial charge in [0, 0.05) is 25.1 Å². The second-order valence-electron chi connectivity index (χ2n) is 7.97. The maximum atomic E-state index is 12.7. The molecule has 1 saturated heterocycles. The highest BCUT2D eigenvalue weighted by atomic mass is 32.2. The van der Waals surface area contributed by atoms with Crippen LogP contribution in [0.1, 0.15) is 19.4 Å². The van der Waals surface area contributed by atoms with E-state index in [0.717, 1.165) is 17.7 Å². The van der Waals surface area contributed by atoms with Crippen LogP contribution in [0.4, 0.5) is 0 Å². The third-order valence-corrected chi connectivity index (χ3v) is 7.01. The van der Waals surface area contributed by atoms with Crippen LogP contribution in [0.2, 0.25) is 0 Å². The quantitative estimate of drug-likeness (QED) is 0.625. The van der Waals surface area contributed by atoms with Crippen LogP contribution >= 0.6 is 0 Å². The molecule has 2 aliphatic rings. The van der Waals surface area contributed by atoms with Crippen LogP contribution in [0.5, 0.6) is 17.2 Å². The smallest absolute Gasteiger partial charge is 0.243 e. The highest BCUT2D eigenvalue weighted by molar-refractivity contribution is 7.89. The molecule has 0 aliphatic carbocycles. The molecular weight excluding hydrogens is 406 g/mol. The lowest BCUT2D eigenvalue weighted by molar-refractivity contribution is 0.0730. The zero-order chi connectivity index (χ0) is 21.2. The number of morpholine rings is 1. The maximum absolute atomic E-state index is 12.7. The minimum absolute atomic E-state index is 0.221. The fourth-order valence-electron chi connectivity index (χ4n) is 3.66. The maximum Gasteiger partial charge on any atom is 0.243 e. The number of hydrogen-bond donors (Lipinski definition) is 0. The first-order valence-electron chi connectivity index (χ1n) is 10.1. The van der Waals surface area contributed by atoms with Gasteiger partial charge in [0.15, 0.2) is 11.5 Å². The monoisotopic (exact) mass is 433 g/mol. The highest BCUT2D eigenvalue weighted by Crippen LogP contribution is 2.41. The minimum Gasteiger partial charge on any atom is -0.490 e. The topological polar surface area (TPSA) is 74.3 Å². The zero-order valence-electron chi connectivity index (χ0n) is 17.3. The molecular formula is C22H27NO6S. The van der Waals surface area contributed by atoms with E-state index in [0.29, 0.717) is 51.0 Å². The van der Waals surface area contributed by atoms with E-state index in [2.05, 4.69) is 19.9 Å². The predicted octanol–water partition coefficient (Wildman–Crippen LogP) is 2.88. The van der Waals surface area contributed by atoms with E-state index in [9.17, 15) is 8.42 Å². The molecule has 0 atom stereocenters. The number of para-hydroxylation sites is 1. The van der Waals surface area contributed by atoms with Crippen LogP contribution in [0, 0.1) is 0 Å². The van der Waals surface area contributed by atoms with Crippen molar-refractivity contribution in [3.63, 3.8) is 0 Å². The molecule has 8 heteroatoms. The lowest BCUT2D eigenvalue weighted by Crippen LogP contribution is -2.40. The number of ether oxygens (including phenoxy) is 4. The fraction of sp³-hybridized carbons (Fsp3) is 0.455. The van der Waals surface area contributed by atoms with Gasteiger partial charge in [0.25, 0.3) is 0 Å². The summed E-state index contributed by atoms with van der Waals surface area (Å²) in [6, 6.07) is 12.4. The van der Waals surface area contributed by atoms with Gasteiger partial charge in [0.2, 0.25) is 10.0 Å². The van der Waals surface area contributed by atoms with Crippen molar-refractivity contribution in [2.45, 2.75) is 30.8 Å². The molecule has 0 saturated carbocycles. The van der Waals surface area contributed by atoms with Gasteiger partial charge in [-0.3, -0.25) is 0 Å². The van der Waals surface area contributed by atoms with Gasteiger partial charge in [-0.2, -0.15) is 4.31 Å². The first-order valence-corrected chi connectivity index (χ1v) is 11.5. The average Bonchev–Trinajstić information content (AvgIpc) is 3.07. The molecule has 2 aliphatic heterocycles. The zero-order valence-corrected chi connectivity index (χ0v) is 18.1. The molecule has 1 fully saturated rings. The molecule has 0 bridgehead atoms. The number of benzene rings is 2. The van der Waals surface area contributed by atoms with Crippen LogP contribution < -0.4 is 14.2 Å². The third kappa shape index (κ3) is 4.55. The Hall–Kier alpha value is -2.29. The van der Waals surface area contributed by atoms with Gasteiger partial charge in [-0.1, -0.05) is 12.1 Å². The Labute approximate surface area is 177 Å². The largest absolute Gasteiger partial charge is 0.490 e. The Bertz CT molecular complexity index is 981. The Morgan fingerprint density at radius 3 is 2.43 bits per heavy atom. The van der Waals surface area contributed by atoms with Crippen LogP contribution in [0.3, 0.4) is 0 Å². The van der Waals surface area contributed by atoms with Gasteiger partial charge in [-0.05, 0) is 44.2 Å². The summed E-state index contributed by atoms with van der Waals surface area (Å²) in [7, 11) is -3.50. The number of nitrogens with zero attached hydrogens (tertiary/aromatic N) is 1. The number of fused-ring (bicyclic) bond motifs is 1. The molecule has 4 rings (SSSR count). The number of sulfonamides is 1. The molecule has 2 aromatic rings. The summed E-state index contributed by atoms with van der Waals surface area (Å²) in [4.78, 5) is 0.257. The van der Waals surface area contributed by atoms with Crippen LogP contribution in [0.25, 0.3) is 0 Å². The minimum atomic E-state index is -3.50. The van der Waals surface area contributed by atoms with Crippen molar-refractivity contribution in [1.82, 2.24) is 4.31 Å². The molecule has 2 aromatic carbocycles. The van der Waals surface area contributed by atoms with Crippen LogP contribution in [-0.4, -0.2) is 57.8 Å². The van der Waals surface area contributed by atoms with Crippen LogP contribution in [-0.2, 0) is 21.2 Å². The summed E-state index contributed by atoms with van der Waals surface area (Å²) < 4.78 is 49.5.